The number of carbonyl (C=O) groups excluding carboxylic acids is 1. The third-order valence-corrected chi connectivity index (χ3v) is 5.42. The highest BCUT2D eigenvalue weighted by molar-refractivity contribution is 7.99. The molecule has 0 unspecified atom stereocenters. The molecule has 0 saturated heterocycles. The van der Waals surface area contributed by atoms with Crippen LogP contribution >= 0.6 is 23.1 Å². The molecule has 3 rings (SSSR count). The lowest BCUT2D eigenvalue weighted by atomic mass is 10.1. The monoisotopic (exact) mass is 384 g/mol. The summed E-state index contributed by atoms with van der Waals surface area (Å²) in [7, 11) is 0. The van der Waals surface area contributed by atoms with Gasteiger partial charge in [-0.05, 0) is 32.9 Å². The van der Waals surface area contributed by atoms with Gasteiger partial charge in [-0.1, -0.05) is 29.0 Å². The molecule has 132 valence electrons. The van der Waals surface area contributed by atoms with Gasteiger partial charge in [0.25, 0.3) is 5.22 Å². The van der Waals surface area contributed by atoms with Crippen LogP contribution in [0.25, 0.3) is 11.5 Å². The van der Waals surface area contributed by atoms with Gasteiger partial charge in [-0.2, -0.15) is 5.26 Å². The maximum atomic E-state index is 12.4. The first-order valence-corrected chi connectivity index (χ1v) is 9.72. The molecule has 1 aromatic carbocycles. The summed E-state index contributed by atoms with van der Waals surface area (Å²) in [4.78, 5) is 16.6. The fraction of sp³-hybridized carbons (Fsp3) is 0.278. The van der Waals surface area contributed by atoms with Crippen LogP contribution in [0.15, 0.2) is 33.2 Å². The number of rotatable bonds is 6. The zero-order chi connectivity index (χ0) is 18.7. The Balaban J connectivity index is 1.68. The average molecular weight is 384 g/mol. The number of hydrogen-bond acceptors (Lipinski definition) is 8. The number of aryl methyl sites for hydroxylation is 3. The standard InChI is InChI=1S/C18H16N4O2S2/c1-10-4-11(2)6-13(5-10)16-21-22-18(24-16)26-9-15(23)14(7-19)17-20-12(3)8-25-17/h4-6,8,14H,9H2,1-3H3/t14-/m0/s1. The quantitative estimate of drug-likeness (QED) is 0.591. The van der Waals surface area contributed by atoms with Gasteiger partial charge in [0.2, 0.25) is 5.89 Å². The number of nitrogens with zero attached hydrogens (tertiary/aromatic N) is 4. The van der Waals surface area contributed by atoms with Crippen LogP contribution in [0.5, 0.6) is 0 Å². The molecule has 1 atom stereocenters. The van der Waals surface area contributed by atoms with Gasteiger partial charge in [-0.15, -0.1) is 21.5 Å². The maximum absolute atomic E-state index is 12.4. The maximum Gasteiger partial charge on any atom is 0.277 e. The van der Waals surface area contributed by atoms with E-state index < -0.39 is 5.92 Å². The zero-order valence-corrected chi connectivity index (χ0v) is 16.1. The summed E-state index contributed by atoms with van der Waals surface area (Å²) < 4.78 is 5.65. The second-order valence-corrected chi connectivity index (χ2v) is 7.71. The molecule has 0 aliphatic rings. The number of Topliss-reactive ketones (excluding diaryl/α,β-unsaturated/α-hetero) is 1. The average Bonchev–Trinajstić information content (AvgIpc) is 3.22. The first-order valence-electron chi connectivity index (χ1n) is 7.85. The van der Waals surface area contributed by atoms with E-state index >= 15 is 0 Å². The Hall–Kier alpha value is -2.50. The molecule has 0 fully saturated rings. The lowest BCUT2D eigenvalue weighted by Crippen LogP contribution is -2.13. The number of benzene rings is 1. The Kier molecular flexibility index (Phi) is 5.49. The Bertz CT molecular complexity index is 967. The van der Waals surface area contributed by atoms with Crippen LogP contribution < -0.4 is 0 Å². The molecule has 3 aromatic rings. The van der Waals surface area contributed by atoms with Gasteiger partial charge in [0, 0.05) is 16.6 Å². The minimum Gasteiger partial charge on any atom is -0.411 e. The third kappa shape index (κ3) is 4.18. The van der Waals surface area contributed by atoms with Crippen molar-refractivity contribution in [3.8, 4) is 17.5 Å². The van der Waals surface area contributed by atoms with E-state index in [1.54, 1.807) is 0 Å². The van der Waals surface area contributed by atoms with Crippen molar-refractivity contribution in [3.63, 3.8) is 0 Å². The molecule has 0 aliphatic carbocycles. The van der Waals surface area contributed by atoms with Crippen molar-refractivity contribution in [2.24, 2.45) is 0 Å². The lowest BCUT2D eigenvalue weighted by Gasteiger charge is -2.03. The van der Waals surface area contributed by atoms with Gasteiger partial charge in [-0.25, -0.2) is 4.98 Å². The molecule has 0 amide bonds. The second kappa shape index (κ2) is 7.81. The summed E-state index contributed by atoms with van der Waals surface area (Å²) in [5, 5.41) is 20.0. The van der Waals surface area contributed by atoms with Gasteiger partial charge in [-0.3, -0.25) is 4.79 Å². The van der Waals surface area contributed by atoms with Gasteiger partial charge in [0.1, 0.15) is 5.01 Å². The van der Waals surface area contributed by atoms with E-state index in [0.29, 0.717) is 16.1 Å². The summed E-state index contributed by atoms with van der Waals surface area (Å²) in [6, 6.07) is 8.03. The highest BCUT2D eigenvalue weighted by Gasteiger charge is 2.24. The van der Waals surface area contributed by atoms with Crippen molar-refractivity contribution in [3.05, 3.63) is 45.4 Å². The fourth-order valence-electron chi connectivity index (χ4n) is 2.47. The van der Waals surface area contributed by atoms with Crippen molar-refractivity contribution in [1.29, 1.82) is 5.26 Å². The molecule has 0 radical (unpaired) electrons. The van der Waals surface area contributed by atoms with Crippen LogP contribution in [0.3, 0.4) is 0 Å². The van der Waals surface area contributed by atoms with Gasteiger partial charge in [0.05, 0.1) is 11.8 Å². The van der Waals surface area contributed by atoms with Crippen LogP contribution in [-0.2, 0) is 4.79 Å². The van der Waals surface area contributed by atoms with Crippen LogP contribution in [0.1, 0.15) is 27.7 Å². The van der Waals surface area contributed by atoms with E-state index in [1.807, 2.05) is 44.4 Å². The number of hydrogen-bond donors (Lipinski definition) is 0. The summed E-state index contributed by atoms with van der Waals surface area (Å²) in [5.41, 5.74) is 3.87. The molecule has 6 nitrogen and oxygen atoms in total. The Morgan fingerprint density at radius 1 is 1.27 bits per heavy atom. The Morgan fingerprint density at radius 3 is 2.62 bits per heavy atom. The third-order valence-electron chi connectivity index (χ3n) is 3.55. The molecule has 2 heterocycles. The number of thioether (sulfide) groups is 1. The topological polar surface area (TPSA) is 92.7 Å². The van der Waals surface area contributed by atoms with E-state index in [0.717, 1.165) is 34.1 Å². The molecule has 0 N–H and O–H groups in total. The van der Waals surface area contributed by atoms with Crippen molar-refractivity contribution in [2.45, 2.75) is 31.9 Å². The number of aromatic nitrogens is 3. The Morgan fingerprint density at radius 2 is 2.00 bits per heavy atom. The van der Waals surface area contributed by atoms with Crippen molar-refractivity contribution < 1.29 is 9.21 Å². The fourth-order valence-corrected chi connectivity index (χ4v) is 4.00. The highest BCUT2D eigenvalue weighted by Crippen LogP contribution is 2.27. The summed E-state index contributed by atoms with van der Waals surface area (Å²) in [6.07, 6.45) is 0. The van der Waals surface area contributed by atoms with Gasteiger partial charge < -0.3 is 4.42 Å². The SMILES string of the molecule is Cc1cc(C)cc(-c2nnc(SCC(=O)[C@H](C#N)c3nc(C)cs3)o2)c1. The molecular formula is C18H16N4O2S2. The van der Waals surface area contributed by atoms with Gasteiger partial charge in [0.15, 0.2) is 11.7 Å². The molecule has 0 aliphatic heterocycles. The lowest BCUT2D eigenvalue weighted by molar-refractivity contribution is -0.116. The minimum absolute atomic E-state index is 0.0747. The number of ketones is 1. The predicted molar refractivity (Wildman–Crippen MR) is 100 cm³/mol. The first kappa shape index (κ1) is 18.3. The smallest absolute Gasteiger partial charge is 0.277 e. The largest absolute Gasteiger partial charge is 0.411 e. The normalized spacial score (nSPS) is 11.9. The summed E-state index contributed by atoms with van der Waals surface area (Å²) in [6.45, 7) is 5.84. The van der Waals surface area contributed by atoms with E-state index in [-0.39, 0.29) is 11.5 Å². The molecule has 2 aromatic heterocycles. The number of nitriles is 1. The van der Waals surface area contributed by atoms with Gasteiger partial charge >= 0.3 is 0 Å². The minimum atomic E-state index is -0.858. The molecule has 0 spiro atoms. The molecule has 8 heteroatoms. The zero-order valence-electron chi connectivity index (χ0n) is 14.5. The van der Waals surface area contributed by atoms with Crippen LogP contribution in [0.2, 0.25) is 0 Å². The number of thiazole rings is 1. The van der Waals surface area contributed by atoms with Crippen LogP contribution in [0, 0.1) is 32.1 Å². The Labute approximate surface area is 159 Å². The molecule has 0 saturated carbocycles. The molecular weight excluding hydrogens is 368 g/mol. The van der Waals surface area contributed by atoms with E-state index in [1.165, 1.54) is 11.3 Å². The number of carbonyl (C=O) groups is 1. The van der Waals surface area contributed by atoms with Crippen molar-refractivity contribution >= 4 is 28.9 Å². The van der Waals surface area contributed by atoms with Crippen LogP contribution in [0.4, 0.5) is 0 Å². The van der Waals surface area contributed by atoms with Crippen molar-refractivity contribution in [1.82, 2.24) is 15.2 Å². The molecule has 0 bridgehead atoms. The van der Waals surface area contributed by atoms with E-state index in [9.17, 15) is 10.1 Å². The van der Waals surface area contributed by atoms with Crippen molar-refractivity contribution in [2.75, 3.05) is 5.75 Å². The first-order chi connectivity index (χ1) is 12.5. The summed E-state index contributed by atoms with van der Waals surface area (Å²) in [5.74, 6) is -0.592. The summed E-state index contributed by atoms with van der Waals surface area (Å²) >= 11 is 2.45. The van der Waals surface area contributed by atoms with E-state index in [4.69, 9.17) is 4.42 Å². The highest BCUT2D eigenvalue weighted by atomic mass is 32.2. The second-order valence-electron chi connectivity index (χ2n) is 5.89. The van der Waals surface area contributed by atoms with E-state index in [2.05, 4.69) is 21.2 Å². The molecule has 26 heavy (non-hydrogen) atoms. The predicted octanol–water partition coefficient (Wildman–Crippen LogP) is 4.09. The van der Waals surface area contributed by atoms with Crippen LogP contribution in [-0.4, -0.2) is 26.7 Å².